The molecule has 4 aliphatic heterocycles. The third-order valence-electron chi connectivity index (χ3n) is 8.37. The predicted molar refractivity (Wildman–Crippen MR) is 119 cm³/mol. The SMILES string of the molecule is CCOC(=O)N1C2CCC1CC(N1CCC3(CC1)CC(=O)NC3Cc1ccccc1)C2. The van der Waals surface area contributed by atoms with Gasteiger partial charge in [-0.2, -0.15) is 0 Å². The van der Waals surface area contributed by atoms with Crippen molar-refractivity contribution in [2.45, 2.75) is 82.5 Å². The van der Waals surface area contributed by atoms with E-state index in [1.54, 1.807) is 0 Å². The summed E-state index contributed by atoms with van der Waals surface area (Å²) in [4.78, 5) is 29.4. The standard InChI is InChI=1S/C25H35N3O3/c1-2-31-24(30)28-19-8-9-20(28)16-21(15-19)27-12-10-25(11-13-27)17-23(29)26-22(25)14-18-6-4-3-5-7-18/h3-7,19-22H,2,8-17H2,1H3,(H,26,29). The Morgan fingerprint density at radius 2 is 1.77 bits per heavy atom. The van der Waals surface area contributed by atoms with Gasteiger partial charge in [0.1, 0.15) is 0 Å². The summed E-state index contributed by atoms with van der Waals surface area (Å²) in [5.74, 6) is 0.218. The minimum atomic E-state index is -0.120. The van der Waals surface area contributed by atoms with Gasteiger partial charge in [-0.05, 0) is 70.5 Å². The first-order chi connectivity index (χ1) is 15.1. The minimum absolute atomic E-state index is 0.0913. The molecule has 2 bridgehead atoms. The molecule has 4 heterocycles. The van der Waals surface area contributed by atoms with Crippen LogP contribution in [0.15, 0.2) is 30.3 Å². The smallest absolute Gasteiger partial charge is 0.410 e. The molecular weight excluding hydrogens is 390 g/mol. The number of fused-ring (bicyclic) bond motifs is 2. The molecule has 5 rings (SSSR count). The summed E-state index contributed by atoms with van der Waals surface area (Å²) < 4.78 is 5.31. The molecule has 1 aromatic carbocycles. The lowest BCUT2D eigenvalue weighted by Gasteiger charge is -2.48. The van der Waals surface area contributed by atoms with Crippen LogP contribution in [-0.4, -0.2) is 65.7 Å². The van der Waals surface area contributed by atoms with Crippen molar-refractivity contribution in [1.82, 2.24) is 15.1 Å². The van der Waals surface area contributed by atoms with Gasteiger partial charge in [0.15, 0.2) is 0 Å². The van der Waals surface area contributed by atoms with Crippen molar-refractivity contribution in [3.63, 3.8) is 0 Å². The number of hydrogen-bond donors (Lipinski definition) is 1. The lowest BCUT2D eigenvalue weighted by molar-refractivity contribution is -0.120. The van der Waals surface area contributed by atoms with Gasteiger partial charge in [-0.25, -0.2) is 4.79 Å². The number of rotatable bonds is 4. The summed E-state index contributed by atoms with van der Waals surface area (Å²) in [5, 5.41) is 3.30. The summed E-state index contributed by atoms with van der Waals surface area (Å²) in [6.45, 7) is 4.45. The highest BCUT2D eigenvalue weighted by molar-refractivity contribution is 5.80. The molecule has 1 N–H and O–H groups in total. The lowest BCUT2D eigenvalue weighted by Crippen LogP contribution is -2.55. The van der Waals surface area contributed by atoms with E-state index in [1.165, 1.54) is 5.56 Å². The summed E-state index contributed by atoms with van der Waals surface area (Å²) in [5.41, 5.74) is 1.40. The van der Waals surface area contributed by atoms with Crippen LogP contribution in [0.4, 0.5) is 4.79 Å². The number of benzene rings is 1. The molecule has 6 nitrogen and oxygen atoms in total. The molecule has 4 saturated heterocycles. The number of carbonyl (C=O) groups excluding carboxylic acids is 2. The van der Waals surface area contributed by atoms with Crippen molar-refractivity contribution >= 4 is 12.0 Å². The van der Waals surface area contributed by atoms with Gasteiger partial charge in [0.2, 0.25) is 5.91 Å². The average molecular weight is 426 g/mol. The van der Waals surface area contributed by atoms with Crippen molar-refractivity contribution in [3.8, 4) is 0 Å². The number of carbonyl (C=O) groups is 2. The number of nitrogens with one attached hydrogen (secondary N) is 1. The maximum absolute atomic E-state index is 12.4. The zero-order valence-corrected chi connectivity index (χ0v) is 18.6. The molecule has 3 unspecified atom stereocenters. The van der Waals surface area contributed by atoms with Crippen molar-refractivity contribution in [3.05, 3.63) is 35.9 Å². The highest BCUT2D eigenvalue weighted by Crippen LogP contribution is 2.45. The molecule has 1 aromatic rings. The maximum Gasteiger partial charge on any atom is 0.410 e. The van der Waals surface area contributed by atoms with Gasteiger partial charge in [0.05, 0.1) is 6.61 Å². The Morgan fingerprint density at radius 1 is 1.10 bits per heavy atom. The number of amides is 2. The van der Waals surface area contributed by atoms with Crippen molar-refractivity contribution in [2.75, 3.05) is 19.7 Å². The molecule has 0 aromatic heterocycles. The number of ether oxygens (including phenoxy) is 1. The van der Waals surface area contributed by atoms with Crippen LogP contribution >= 0.6 is 0 Å². The fourth-order valence-corrected chi connectivity index (χ4v) is 6.76. The molecule has 3 atom stereocenters. The monoisotopic (exact) mass is 425 g/mol. The second-order valence-corrected chi connectivity index (χ2v) is 10.0. The fraction of sp³-hybridized carbons (Fsp3) is 0.680. The molecule has 2 amide bonds. The lowest BCUT2D eigenvalue weighted by atomic mass is 9.70. The van der Waals surface area contributed by atoms with Crippen LogP contribution in [0.3, 0.4) is 0 Å². The summed E-state index contributed by atoms with van der Waals surface area (Å²) >= 11 is 0. The third kappa shape index (κ3) is 3.95. The average Bonchev–Trinajstić information content (AvgIpc) is 3.21. The fourth-order valence-electron chi connectivity index (χ4n) is 6.76. The van der Waals surface area contributed by atoms with Crippen LogP contribution in [0, 0.1) is 5.41 Å². The van der Waals surface area contributed by atoms with Gasteiger partial charge >= 0.3 is 6.09 Å². The molecule has 1 spiro atoms. The third-order valence-corrected chi connectivity index (χ3v) is 8.37. The number of piperidine rings is 2. The Labute approximate surface area is 185 Å². The van der Waals surface area contributed by atoms with Crippen LogP contribution in [0.2, 0.25) is 0 Å². The molecule has 6 heteroatoms. The topological polar surface area (TPSA) is 61.9 Å². The molecule has 4 aliphatic rings. The van der Waals surface area contributed by atoms with Crippen LogP contribution in [0.1, 0.15) is 57.4 Å². The zero-order chi connectivity index (χ0) is 21.4. The molecule has 0 saturated carbocycles. The van der Waals surface area contributed by atoms with E-state index in [1.807, 2.05) is 17.9 Å². The first kappa shape index (κ1) is 20.8. The Balaban J connectivity index is 1.21. The van der Waals surface area contributed by atoms with Crippen molar-refractivity contribution in [2.24, 2.45) is 5.41 Å². The minimum Gasteiger partial charge on any atom is -0.450 e. The zero-order valence-electron chi connectivity index (χ0n) is 18.6. The summed E-state index contributed by atoms with van der Waals surface area (Å²) in [6.07, 6.45) is 7.97. The van der Waals surface area contributed by atoms with E-state index in [4.69, 9.17) is 4.74 Å². The molecule has 31 heavy (non-hydrogen) atoms. The van der Waals surface area contributed by atoms with Crippen LogP contribution in [0.25, 0.3) is 0 Å². The molecule has 0 radical (unpaired) electrons. The Morgan fingerprint density at radius 3 is 2.42 bits per heavy atom. The van der Waals surface area contributed by atoms with Crippen LogP contribution in [0.5, 0.6) is 0 Å². The van der Waals surface area contributed by atoms with Gasteiger partial charge in [0, 0.05) is 36.0 Å². The number of nitrogens with zero attached hydrogens (tertiary/aromatic N) is 2. The second-order valence-electron chi connectivity index (χ2n) is 10.0. The number of likely N-dealkylation sites (tertiary alicyclic amines) is 1. The van der Waals surface area contributed by atoms with E-state index >= 15 is 0 Å². The van der Waals surface area contributed by atoms with Crippen LogP contribution in [-0.2, 0) is 16.0 Å². The highest BCUT2D eigenvalue weighted by Gasteiger charge is 2.50. The van der Waals surface area contributed by atoms with Gasteiger partial charge in [-0.1, -0.05) is 30.3 Å². The van der Waals surface area contributed by atoms with Crippen LogP contribution < -0.4 is 5.32 Å². The second kappa shape index (κ2) is 8.45. The van der Waals surface area contributed by atoms with E-state index in [9.17, 15) is 9.59 Å². The molecular formula is C25H35N3O3. The van der Waals surface area contributed by atoms with E-state index in [0.29, 0.717) is 31.2 Å². The Kier molecular flexibility index (Phi) is 5.67. The summed E-state index contributed by atoms with van der Waals surface area (Å²) in [6, 6.07) is 12.0. The first-order valence-electron chi connectivity index (χ1n) is 12.1. The van der Waals surface area contributed by atoms with Crippen molar-refractivity contribution in [1.29, 1.82) is 0 Å². The Bertz CT molecular complexity index is 791. The first-order valence-corrected chi connectivity index (χ1v) is 12.1. The molecule has 0 aliphatic carbocycles. The molecule has 4 fully saturated rings. The van der Waals surface area contributed by atoms with Gasteiger partial charge < -0.3 is 19.9 Å². The van der Waals surface area contributed by atoms with E-state index in [-0.39, 0.29) is 23.5 Å². The largest absolute Gasteiger partial charge is 0.450 e. The Hall–Kier alpha value is -2.08. The van der Waals surface area contributed by atoms with E-state index < -0.39 is 0 Å². The highest BCUT2D eigenvalue weighted by atomic mass is 16.6. The normalized spacial score (nSPS) is 32.3. The van der Waals surface area contributed by atoms with Gasteiger partial charge in [-0.3, -0.25) is 4.79 Å². The van der Waals surface area contributed by atoms with E-state index in [0.717, 1.165) is 58.0 Å². The maximum atomic E-state index is 12.4. The summed E-state index contributed by atoms with van der Waals surface area (Å²) in [7, 11) is 0. The van der Waals surface area contributed by atoms with Crippen molar-refractivity contribution < 1.29 is 14.3 Å². The molecule has 168 valence electrons. The van der Waals surface area contributed by atoms with Gasteiger partial charge in [-0.15, -0.1) is 0 Å². The number of hydrogen-bond acceptors (Lipinski definition) is 4. The predicted octanol–water partition coefficient (Wildman–Crippen LogP) is 3.35. The quantitative estimate of drug-likeness (QED) is 0.804. The van der Waals surface area contributed by atoms with E-state index in [2.05, 4.69) is 34.5 Å². The van der Waals surface area contributed by atoms with Gasteiger partial charge in [0.25, 0.3) is 0 Å².